The van der Waals surface area contributed by atoms with Gasteiger partial charge in [-0.25, -0.2) is 0 Å². The van der Waals surface area contributed by atoms with E-state index in [1.165, 1.54) is 57.9 Å². The molecule has 84 valence electrons. The summed E-state index contributed by atoms with van der Waals surface area (Å²) in [5, 5.41) is 3.66. The molecule has 1 saturated heterocycles. The molecule has 0 bridgehead atoms. The highest BCUT2D eigenvalue weighted by Crippen LogP contribution is 2.22. The number of piperidine rings is 1. The zero-order chi connectivity index (χ0) is 10.2. The smallest absolute Gasteiger partial charge is 0.00697 e. The first-order chi connectivity index (χ1) is 6.86. The molecule has 0 aromatic heterocycles. The van der Waals surface area contributed by atoms with Gasteiger partial charge in [0, 0.05) is 6.04 Å². The number of rotatable bonds is 6. The van der Waals surface area contributed by atoms with Gasteiger partial charge in [-0.1, -0.05) is 46.0 Å². The average Bonchev–Trinajstić information content (AvgIpc) is 2.25. The Hall–Kier alpha value is -0.0400. The van der Waals surface area contributed by atoms with E-state index in [1.54, 1.807) is 0 Å². The maximum absolute atomic E-state index is 3.66. The molecule has 1 rings (SSSR count). The topological polar surface area (TPSA) is 12.0 Å². The van der Waals surface area contributed by atoms with Crippen molar-refractivity contribution in [2.24, 2.45) is 5.92 Å². The lowest BCUT2D eigenvalue weighted by atomic mass is 9.89. The summed E-state index contributed by atoms with van der Waals surface area (Å²) in [4.78, 5) is 0. The molecule has 0 saturated carbocycles. The van der Waals surface area contributed by atoms with Gasteiger partial charge in [0.15, 0.2) is 0 Å². The summed E-state index contributed by atoms with van der Waals surface area (Å²) in [6.45, 7) is 5.91. The molecule has 1 heterocycles. The maximum atomic E-state index is 3.66. The van der Waals surface area contributed by atoms with Crippen molar-refractivity contribution in [3.8, 4) is 0 Å². The van der Waals surface area contributed by atoms with Crippen LogP contribution in [-0.2, 0) is 0 Å². The third-order valence-corrected chi connectivity index (χ3v) is 3.57. The van der Waals surface area contributed by atoms with Crippen LogP contribution in [0.2, 0.25) is 0 Å². The number of hydrogen-bond donors (Lipinski definition) is 1. The van der Waals surface area contributed by atoms with E-state index in [0.29, 0.717) is 0 Å². The van der Waals surface area contributed by atoms with Gasteiger partial charge in [-0.3, -0.25) is 0 Å². The maximum Gasteiger partial charge on any atom is 0.00697 e. The minimum Gasteiger partial charge on any atom is -0.314 e. The predicted octanol–water partition coefficient (Wildman–Crippen LogP) is 3.74. The third-order valence-electron chi connectivity index (χ3n) is 3.57. The average molecular weight is 197 g/mol. The summed E-state index contributed by atoms with van der Waals surface area (Å²) in [5.41, 5.74) is 0. The monoisotopic (exact) mass is 197 g/mol. The normalized spacial score (nSPS) is 24.9. The summed E-state index contributed by atoms with van der Waals surface area (Å²) < 4.78 is 0. The van der Waals surface area contributed by atoms with Crippen molar-refractivity contribution in [3.63, 3.8) is 0 Å². The van der Waals surface area contributed by atoms with E-state index < -0.39 is 0 Å². The summed E-state index contributed by atoms with van der Waals surface area (Å²) in [6, 6.07) is 0.838. The molecule has 2 atom stereocenters. The van der Waals surface area contributed by atoms with E-state index in [-0.39, 0.29) is 0 Å². The van der Waals surface area contributed by atoms with Crippen molar-refractivity contribution < 1.29 is 0 Å². The first-order valence-corrected chi connectivity index (χ1v) is 6.60. The third kappa shape index (κ3) is 4.45. The van der Waals surface area contributed by atoms with E-state index >= 15 is 0 Å². The van der Waals surface area contributed by atoms with Crippen LogP contribution in [0.25, 0.3) is 0 Å². The molecule has 1 nitrogen and oxygen atoms in total. The van der Waals surface area contributed by atoms with Gasteiger partial charge in [0.05, 0.1) is 0 Å². The molecule has 0 radical (unpaired) electrons. The second kappa shape index (κ2) is 7.28. The molecule has 14 heavy (non-hydrogen) atoms. The van der Waals surface area contributed by atoms with Crippen LogP contribution in [0.5, 0.6) is 0 Å². The molecule has 0 unspecified atom stereocenters. The van der Waals surface area contributed by atoms with Crippen LogP contribution in [0.3, 0.4) is 0 Å². The summed E-state index contributed by atoms with van der Waals surface area (Å²) in [7, 11) is 0. The van der Waals surface area contributed by atoms with E-state index in [2.05, 4.69) is 19.2 Å². The molecule has 1 N–H and O–H groups in total. The fourth-order valence-electron chi connectivity index (χ4n) is 2.51. The Kier molecular flexibility index (Phi) is 6.25. The first-order valence-electron chi connectivity index (χ1n) is 6.60. The fraction of sp³-hybridized carbons (Fsp3) is 1.00. The van der Waals surface area contributed by atoms with Crippen LogP contribution < -0.4 is 5.32 Å². The van der Waals surface area contributed by atoms with Crippen molar-refractivity contribution in [2.75, 3.05) is 6.54 Å². The molecule has 0 aliphatic carbocycles. The molecule has 1 heteroatoms. The predicted molar refractivity (Wildman–Crippen MR) is 63.6 cm³/mol. The Morgan fingerprint density at radius 3 is 2.71 bits per heavy atom. The molecular formula is C13H27N. The van der Waals surface area contributed by atoms with Crippen LogP contribution in [0.1, 0.15) is 65.2 Å². The fourth-order valence-corrected chi connectivity index (χ4v) is 2.51. The minimum absolute atomic E-state index is 0.838. The van der Waals surface area contributed by atoms with Crippen LogP contribution in [0, 0.1) is 5.92 Å². The highest BCUT2D eigenvalue weighted by Gasteiger charge is 2.16. The van der Waals surface area contributed by atoms with E-state index in [4.69, 9.17) is 0 Å². The van der Waals surface area contributed by atoms with Gasteiger partial charge in [-0.2, -0.15) is 0 Å². The van der Waals surface area contributed by atoms with Gasteiger partial charge in [0.25, 0.3) is 0 Å². The molecule has 1 fully saturated rings. The molecule has 1 aliphatic rings. The lowest BCUT2D eigenvalue weighted by Gasteiger charge is -2.27. The van der Waals surface area contributed by atoms with Gasteiger partial charge in [0.1, 0.15) is 0 Å². The minimum atomic E-state index is 0.838. The van der Waals surface area contributed by atoms with Crippen LogP contribution >= 0.6 is 0 Å². The van der Waals surface area contributed by atoms with E-state index in [9.17, 15) is 0 Å². The molecule has 0 aromatic carbocycles. The zero-order valence-electron chi connectivity index (χ0n) is 10.0. The van der Waals surface area contributed by atoms with Crippen molar-refractivity contribution in [1.82, 2.24) is 5.32 Å². The van der Waals surface area contributed by atoms with Gasteiger partial charge in [0.2, 0.25) is 0 Å². The van der Waals surface area contributed by atoms with E-state index in [1.807, 2.05) is 0 Å². The van der Waals surface area contributed by atoms with E-state index in [0.717, 1.165) is 12.0 Å². The van der Waals surface area contributed by atoms with Crippen LogP contribution in [0.4, 0.5) is 0 Å². The SMILES string of the molecule is CCCC[C@H](CC)C[C@@H]1CCCCN1. The molecular weight excluding hydrogens is 170 g/mol. The lowest BCUT2D eigenvalue weighted by molar-refractivity contribution is 0.307. The number of unbranched alkanes of at least 4 members (excludes halogenated alkanes) is 1. The highest BCUT2D eigenvalue weighted by atomic mass is 14.9. The first kappa shape index (κ1) is 12.0. The van der Waals surface area contributed by atoms with Gasteiger partial charge in [-0.15, -0.1) is 0 Å². The second-order valence-corrected chi connectivity index (χ2v) is 4.80. The lowest BCUT2D eigenvalue weighted by Crippen LogP contribution is -2.35. The quantitative estimate of drug-likeness (QED) is 0.684. The Morgan fingerprint density at radius 1 is 1.29 bits per heavy atom. The molecule has 0 spiro atoms. The molecule has 0 aromatic rings. The van der Waals surface area contributed by atoms with Gasteiger partial charge < -0.3 is 5.32 Å². The van der Waals surface area contributed by atoms with Crippen molar-refractivity contribution >= 4 is 0 Å². The Balaban J connectivity index is 2.16. The number of hydrogen-bond acceptors (Lipinski definition) is 1. The standard InChI is InChI=1S/C13H27N/c1-3-5-8-12(4-2)11-13-9-6-7-10-14-13/h12-14H,3-11H2,1-2H3/t12-,13-/m0/s1. The zero-order valence-corrected chi connectivity index (χ0v) is 10.0. The van der Waals surface area contributed by atoms with Gasteiger partial charge >= 0.3 is 0 Å². The van der Waals surface area contributed by atoms with Crippen molar-refractivity contribution in [1.29, 1.82) is 0 Å². The summed E-state index contributed by atoms with van der Waals surface area (Å²) >= 11 is 0. The van der Waals surface area contributed by atoms with Crippen LogP contribution in [-0.4, -0.2) is 12.6 Å². The largest absolute Gasteiger partial charge is 0.314 e. The second-order valence-electron chi connectivity index (χ2n) is 4.80. The highest BCUT2D eigenvalue weighted by molar-refractivity contribution is 4.75. The van der Waals surface area contributed by atoms with Crippen molar-refractivity contribution in [2.45, 2.75) is 71.3 Å². The van der Waals surface area contributed by atoms with Crippen LogP contribution in [0.15, 0.2) is 0 Å². The number of nitrogens with one attached hydrogen (secondary N) is 1. The van der Waals surface area contributed by atoms with Gasteiger partial charge in [-0.05, 0) is 31.7 Å². The summed E-state index contributed by atoms with van der Waals surface area (Å²) in [5.74, 6) is 0.977. The van der Waals surface area contributed by atoms with Crippen molar-refractivity contribution in [3.05, 3.63) is 0 Å². The summed E-state index contributed by atoms with van der Waals surface area (Å²) in [6.07, 6.45) is 11.3. The molecule has 0 amide bonds. The Morgan fingerprint density at radius 2 is 2.14 bits per heavy atom. The Labute approximate surface area is 89.7 Å². The Bertz CT molecular complexity index is 127. The molecule has 1 aliphatic heterocycles.